The number of nitrogens with one attached hydrogen (secondary N) is 1. The standard InChI is InChI=1S/C22H24Cl4N2O2/c1-13(2)11-27-22(30)14(3)28(12-17-18(24)5-4-6-19(17)25)21(29)9-15-7-8-16(23)10-20(15)26/h4-8,10,13-14H,9,11-12H2,1-3H3,(H,27,30)/t14-/m1/s1. The van der Waals surface area contributed by atoms with Crippen molar-refractivity contribution in [3.8, 4) is 0 Å². The Morgan fingerprint density at radius 2 is 1.60 bits per heavy atom. The molecule has 0 unspecified atom stereocenters. The first-order valence-corrected chi connectivity index (χ1v) is 11.0. The van der Waals surface area contributed by atoms with Gasteiger partial charge in [-0.2, -0.15) is 0 Å². The first-order chi connectivity index (χ1) is 14.1. The van der Waals surface area contributed by atoms with E-state index in [4.69, 9.17) is 46.4 Å². The molecule has 2 aromatic carbocycles. The topological polar surface area (TPSA) is 49.4 Å². The molecule has 0 saturated heterocycles. The molecule has 4 nitrogen and oxygen atoms in total. The second-order valence-electron chi connectivity index (χ2n) is 7.45. The third-order valence-electron chi connectivity index (χ3n) is 4.60. The van der Waals surface area contributed by atoms with Crippen molar-refractivity contribution in [3.63, 3.8) is 0 Å². The van der Waals surface area contributed by atoms with Crippen LogP contribution in [-0.4, -0.2) is 29.3 Å². The number of halogens is 4. The highest BCUT2D eigenvalue weighted by atomic mass is 35.5. The van der Waals surface area contributed by atoms with Gasteiger partial charge in [-0.3, -0.25) is 9.59 Å². The van der Waals surface area contributed by atoms with Crippen LogP contribution in [0.25, 0.3) is 0 Å². The highest BCUT2D eigenvalue weighted by Crippen LogP contribution is 2.28. The van der Waals surface area contributed by atoms with Gasteiger partial charge in [0.1, 0.15) is 6.04 Å². The van der Waals surface area contributed by atoms with Crippen LogP contribution in [0.3, 0.4) is 0 Å². The SMILES string of the molecule is CC(C)CNC(=O)[C@@H](C)N(Cc1c(Cl)cccc1Cl)C(=O)Cc1ccc(Cl)cc1Cl. The van der Waals surface area contributed by atoms with E-state index in [9.17, 15) is 9.59 Å². The van der Waals surface area contributed by atoms with Crippen LogP contribution in [0.5, 0.6) is 0 Å². The number of hydrogen-bond acceptors (Lipinski definition) is 2. The van der Waals surface area contributed by atoms with Gasteiger partial charge in [-0.25, -0.2) is 0 Å². The molecule has 2 amide bonds. The molecule has 0 radical (unpaired) electrons. The van der Waals surface area contributed by atoms with Crippen molar-refractivity contribution in [1.29, 1.82) is 0 Å². The summed E-state index contributed by atoms with van der Waals surface area (Å²) in [6.07, 6.45) is 0.0138. The smallest absolute Gasteiger partial charge is 0.242 e. The van der Waals surface area contributed by atoms with E-state index in [0.29, 0.717) is 37.8 Å². The average molecular weight is 490 g/mol. The van der Waals surface area contributed by atoms with Gasteiger partial charge in [0.15, 0.2) is 0 Å². The Bertz CT molecular complexity index is 898. The Morgan fingerprint density at radius 3 is 2.17 bits per heavy atom. The molecule has 0 saturated carbocycles. The molecule has 0 spiro atoms. The molecule has 162 valence electrons. The molecule has 0 aliphatic rings. The summed E-state index contributed by atoms with van der Waals surface area (Å²) in [5, 5.41) is 4.61. The van der Waals surface area contributed by atoms with Gasteiger partial charge in [-0.1, -0.05) is 72.4 Å². The van der Waals surface area contributed by atoms with Crippen molar-refractivity contribution in [2.75, 3.05) is 6.54 Å². The maximum absolute atomic E-state index is 13.2. The quantitative estimate of drug-likeness (QED) is 0.491. The second-order valence-corrected chi connectivity index (χ2v) is 9.11. The summed E-state index contributed by atoms with van der Waals surface area (Å²) in [6.45, 7) is 6.29. The first-order valence-electron chi connectivity index (χ1n) is 9.54. The molecular weight excluding hydrogens is 466 g/mol. The third-order valence-corrected chi connectivity index (χ3v) is 5.89. The third kappa shape index (κ3) is 6.78. The molecule has 0 aliphatic heterocycles. The molecule has 8 heteroatoms. The van der Waals surface area contributed by atoms with Crippen molar-refractivity contribution in [2.24, 2.45) is 5.92 Å². The zero-order valence-corrected chi connectivity index (χ0v) is 20.0. The van der Waals surface area contributed by atoms with Gasteiger partial charge < -0.3 is 10.2 Å². The van der Waals surface area contributed by atoms with Crippen LogP contribution in [0.1, 0.15) is 31.9 Å². The number of benzene rings is 2. The lowest BCUT2D eigenvalue weighted by molar-refractivity contribution is -0.140. The molecule has 1 atom stereocenters. The Hall–Kier alpha value is -1.46. The van der Waals surface area contributed by atoms with Gasteiger partial charge in [0.05, 0.1) is 6.42 Å². The lowest BCUT2D eigenvalue weighted by Crippen LogP contribution is -2.48. The summed E-state index contributed by atoms with van der Waals surface area (Å²) in [7, 11) is 0. The molecule has 1 N–H and O–H groups in total. The normalized spacial score (nSPS) is 12.0. The fourth-order valence-corrected chi connectivity index (χ4v) is 3.81. The summed E-state index contributed by atoms with van der Waals surface area (Å²) < 4.78 is 0. The van der Waals surface area contributed by atoms with E-state index in [-0.39, 0.29) is 30.7 Å². The van der Waals surface area contributed by atoms with Gasteiger partial charge in [0.25, 0.3) is 0 Å². The Kier molecular flexibility index (Phi) is 9.30. The molecule has 0 heterocycles. The van der Waals surface area contributed by atoms with Gasteiger partial charge in [0.2, 0.25) is 11.8 Å². The number of carbonyl (C=O) groups is 2. The zero-order valence-electron chi connectivity index (χ0n) is 17.0. The predicted octanol–water partition coefficient (Wildman–Crippen LogP) is 6.03. The minimum absolute atomic E-state index is 0.0138. The van der Waals surface area contributed by atoms with E-state index >= 15 is 0 Å². The molecule has 0 aromatic heterocycles. The van der Waals surface area contributed by atoms with E-state index in [1.54, 1.807) is 43.3 Å². The predicted molar refractivity (Wildman–Crippen MR) is 124 cm³/mol. The summed E-state index contributed by atoms with van der Waals surface area (Å²) in [5.74, 6) is -0.235. The van der Waals surface area contributed by atoms with Crippen LogP contribution < -0.4 is 5.32 Å². The highest BCUT2D eigenvalue weighted by molar-refractivity contribution is 6.36. The number of carbonyl (C=O) groups excluding carboxylic acids is 2. The monoisotopic (exact) mass is 488 g/mol. The maximum atomic E-state index is 13.2. The lowest BCUT2D eigenvalue weighted by Gasteiger charge is -2.30. The fraction of sp³-hybridized carbons (Fsp3) is 0.364. The van der Waals surface area contributed by atoms with E-state index in [1.807, 2.05) is 13.8 Å². The van der Waals surface area contributed by atoms with Crippen LogP contribution in [0.15, 0.2) is 36.4 Å². The second kappa shape index (κ2) is 11.2. The fourth-order valence-electron chi connectivity index (χ4n) is 2.82. The first kappa shape index (κ1) is 24.8. The molecular formula is C22H24Cl4N2O2. The number of hydrogen-bond donors (Lipinski definition) is 1. The van der Waals surface area contributed by atoms with Gasteiger partial charge in [0, 0.05) is 38.7 Å². The molecule has 0 bridgehead atoms. The Balaban J connectivity index is 2.31. The number of amides is 2. The molecule has 2 rings (SSSR count). The average Bonchev–Trinajstić information content (AvgIpc) is 2.67. The molecule has 0 fully saturated rings. The molecule has 30 heavy (non-hydrogen) atoms. The van der Waals surface area contributed by atoms with E-state index in [1.165, 1.54) is 4.90 Å². The van der Waals surface area contributed by atoms with Crippen LogP contribution >= 0.6 is 46.4 Å². The zero-order chi connectivity index (χ0) is 22.4. The summed E-state index contributed by atoms with van der Waals surface area (Å²) in [5.41, 5.74) is 1.20. The van der Waals surface area contributed by atoms with Gasteiger partial charge in [-0.05, 0) is 42.7 Å². The summed E-state index contributed by atoms with van der Waals surface area (Å²) in [6, 6.07) is 9.36. The van der Waals surface area contributed by atoms with Crippen LogP contribution in [0, 0.1) is 5.92 Å². The van der Waals surface area contributed by atoms with Crippen molar-refractivity contribution in [3.05, 3.63) is 67.6 Å². The highest BCUT2D eigenvalue weighted by Gasteiger charge is 2.28. The van der Waals surface area contributed by atoms with Gasteiger partial charge in [-0.15, -0.1) is 0 Å². The van der Waals surface area contributed by atoms with Crippen LogP contribution in [-0.2, 0) is 22.6 Å². The summed E-state index contributed by atoms with van der Waals surface area (Å²) in [4.78, 5) is 27.4. The minimum Gasteiger partial charge on any atom is -0.354 e. The van der Waals surface area contributed by atoms with Crippen LogP contribution in [0.4, 0.5) is 0 Å². The van der Waals surface area contributed by atoms with Crippen molar-refractivity contribution >= 4 is 58.2 Å². The molecule has 0 aliphatic carbocycles. The van der Waals surface area contributed by atoms with E-state index in [2.05, 4.69) is 5.32 Å². The lowest BCUT2D eigenvalue weighted by atomic mass is 10.1. The van der Waals surface area contributed by atoms with E-state index in [0.717, 1.165) is 0 Å². The van der Waals surface area contributed by atoms with E-state index < -0.39 is 6.04 Å². The molecule has 2 aromatic rings. The van der Waals surface area contributed by atoms with Crippen molar-refractivity contribution in [1.82, 2.24) is 10.2 Å². The van der Waals surface area contributed by atoms with Gasteiger partial charge >= 0.3 is 0 Å². The van der Waals surface area contributed by atoms with Crippen LogP contribution in [0.2, 0.25) is 20.1 Å². The summed E-state index contributed by atoms with van der Waals surface area (Å²) >= 11 is 24.8. The number of nitrogens with zero attached hydrogens (tertiary/aromatic N) is 1. The Labute approximate surface area is 197 Å². The largest absolute Gasteiger partial charge is 0.354 e. The van der Waals surface area contributed by atoms with Crippen molar-refractivity contribution < 1.29 is 9.59 Å². The Morgan fingerprint density at radius 1 is 0.967 bits per heavy atom. The minimum atomic E-state index is -0.727. The number of rotatable bonds is 8. The maximum Gasteiger partial charge on any atom is 0.242 e. The van der Waals surface area contributed by atoms with Crippen molar-refractivity contribution in [2.45, 2.75) is 39.8 Å².